The van der Waals surface area contributed by atoms with E-state index in [1.54, 1.807) is 0 Å². The van der Waals surface area contributed by atoms with Crippen LogP contribution in [0.15, 0.2) is 24.3 Å². The summed E-state index contributed by atoms with van der Waals surface area (Å²) in [5.74, 6) is 0.866. The van der Waals surface area contributed by atoms with Crippen LogP contribution in [0.3, 0.4) is 0 Å². The highest BCUT2D eigenvalue weighted by atomic mass is 16.2. The molecule has 1 aliphatic rings. The van der Waals surface area contributed by atoms with Crippen molar-refractivity contribution in [2.75, 3.05) is 6.54 Å². The highest BCUT2D eigenvalue weighted by Gasteiger charge is 2.23. The first-order valence-corrected chi connectivity index (χ1v) is 7.30. The van der Waals surface area contributed by atoms with Gasteiger partial charge in [-0.3, -0.25) is 4.79 Å². The SMILES string of the molecule is CCCNC(=O)C(C)NCc1cccc(C2CC2)c1. The second kappa shape index (κ2) is 6.71. The summed E-state index contributed by atoms with van der Waals surface area (Å²) in [7, 11) is 0. The molecule has 0 radical (unpaired) electrons. The van der Waals surface area contributed by atoms with E-state index in [1.165, 1.54) is 24.0 Å². The van der Waals surface area contributed by atoms with Gasteiger partial charge in [-0.2, -0.15) is 0 Å². The van der Waals surface area contributed by atoms with Gasteiger partial charge in [-0.1, -0.05) is 31.2 Å². The van der Waals surface area contributed by atoms with Crippen molar-refractivity contribution in [1.29, 1.82) is 0 Å². The van der Waals surface area contributed by atoms with Crippen LogP contribution in [0.5, 0.6) is 0 Å². The Balaban J connectivity index is 1.80. The Morgan fingerprint density at radius 1 is 1.42 bits per heavy atom. The Labute approximate surface area is 115 Å². The smallest absolute Gasteiger partial charge is 0.236 e. The van der Waals surface area contributed by atoms with Gasteiger partial charge < -0.3 is 10.6 Å². The Morgan fingerprint density at radius 2 is 2.21 bits per heavy atom. The highest BCUT2D eigenvalue weighted by molar-refractivity contribution is 5.81. The van der Waals surface area contributed by atoms with Crippen LogP contribution in [0, 0.1) is 0 Å². The normalized spacial score (nSPS) is 16.1. The second-order valence-electron chi connectivity index (χ2n) is 5.41. The molecule has 1 saturated carbocycles. The van der Waals surface area contributed by atoms with E-state index < -0.39 is 0 Å². The highest BCUT2D eigenvalue weighted by Crippen LogP contribution is 2.40. The maximum absolute atomic E-state index is 11.7. The molecule has 1 aromatic carbocycles. The molecule has 1 atom stereocenters. The van der Waals surface area contributed by atoms with Crippen LogP contribution in [0.2, 0.25) is 0 Å². The predicted molar refractivity (Wildman–Crippen MR) is 78.0 cm³/mol. The van der Waals surface area contributed by atoms with E-state index in [2.05, 4.69) is 41.8 Å². The summed E-state index contributed by atoms with van der Waals surface area (Å²) >= 11 is 0. The van der Waals surface area contributed by atoms with Crippen molar-refractivity contribution in [3.8, 4) is 0 Å². The first-order valence-electron chi connectivity index (χ1n) is 7.30. The molecule has 1 fully saturated rings. The molecular formula is C16H24N2O. The van der Waals surface area contributed by atoms with Crippen molar-refractivity contribution in [3.05, 3.63) is 35.4 Å². The minimum absolute atomic E-state index is 0.0835. The standard InChI is InChI=1S/C16H24N2O/c1-3-9-17-16(19)12(2)18-11-13-5-4-6-15(10-13)14-7-8-14/h4-6,10,12,14,18H,3,7-9,11H2,1-2H3,(H,17,19). The first-order chi connectivity index (χ1) is 9.20. The second-order valence-corrected chi connectivity index (χ2v) is 5.41. The molecule has 0 saturated heterocycles. The van der Waals surface area contributed by atoms with E-state index in [0.717, 1.165) is 25.4 Å². The third-order valence-electron chi connectivity index (χ3n) is 3.55. The van der Waals surface area contributed by atoms with Gasteiger partial charge in [0.1, 0.15) is 0 Å². The van der Waals surface area contributed by atoms with E-state index in [9.17, 15) is 4.79 Å². The fourth-order valence-electron chi connectivity index (χ4n) is 2.14. The van der Waals surface area contributed by atoms with Crippen molar-refractivity contribution in [1.82, 2.24) is 10.6 Å². The Kier molecular flexibility index (Phi) is 4.97. The van der Waals surface area contributed by atoms with E-state index in [-0.39, 0.29) is 11.9 Å². The van der Waals surface area contributed by atoms with Gasteiger partial charge in [-0.05, 0) is 43.2 Å². The molecule has 2 rings (SSSR count). The fraction of sp³-hybridized carbons (Fsp3) is 0.562. The summed E-state index contributed by atoms with van der Waals surface area (Å²) in [5, 5.41) is 6.19. The molecule has 0 aromatic heterocycles. The molecule has 0 aliphatic heterocycles. The van der Waals surface area contributed by atoms with E-state index in [0.29, 0.717) is 0 Å². The molecule has 104 valence electrons. The number of hydrogen-bond acceptors (Lipinski definition) is 2. The number of rotatable bonds is 7. The lowest BCUT2D eigenvalue weighted by atomic mass is 10.1. The zero-order valence-corrected chi connectivity index (χ0v) is 11.9. The average molecular weight is 260 g/mol. The number of benzene rings is 1. The van der Waals surface area contributed by atoms with Gasteiger partial charge in [0.2, 0.25) is 5.91 Å². The molecule has 1 aliphatic carbocycles. The lowest BCUT2D eigenvalue weighted by molar-refractivity contribution is -0.122. The van der Waals surface area contributed by atoms with Crippen LogP contribution in [-0.2, 0) is 11.3 Å². The van der Waals surface area contributed by atoms with Gasteiger partial charge in [0.05, 0.1) is 6.04 Å². The zero-order chi connectivity index (χ0) is 13.7. The minimum Gasteiger partial charge on any atom is -0.355 e. The lowest BCUT2D eigenvalue weighted by Crippen LogP contribution is -2.42. The van der Waals surface area contributed by atoms with Gasteiger partial charge in [0.15, 0.2) is 0 Å². The molecule has 1 aromatic rings. The van der Waals surface area contributed by atoms with Gasteiger partial charge >= 0.3 is 0 Å². The van der Waals surface area contributed by atoms with Gasteiger partial charge in [-0.25, -0.2) is 0 Å². The topological polar surface area (TPSA) is 41.1 Å². The molecule has 3 nitrogen and oxygen atoms in total. The number of carbonyl (C=O) groups is 1. The van der Waals surface area contributed by atoms with Crippen LogP contribution in [0.4, 0.5) is 0 Å². The predicted octanol–water partition coefficient (Wildman–Crippen LogP) is 2.57. The summed E-state index contributed by atoms with van der Waals surface area (Å²) in [6.45, 7) is 5.47. The van der Waals surface area contributed by atoms with Crippen molar-refractivity contribution in [2.24, 2.45) is 0 Å². The maximum Gasteiger partial charge on any atom is 0.236 e. The quantitative estimate of drug-likeness (QED) is 0.791. The van der Waals surface area contributed by atoms with Crippen LogP contribution in [0.25, 0.3) is 0 Å². The molecular weight excluding hydrogens is 236 g/mol. The van der Waals surface area contributed by atoms with Crippen molar-refractivity contribution >= 4 is 5.91 Å². The van der Waals surface area contributed by atoms with Crippen molar-refractivity contribution in [3.63, 3.8) is 0 Å². The van der Waals surface area contributed by atoms with E-state index in [4.69, 9.17) is 0 Å². The molecule has 3 heteroatoms. The van der Waals surface area contributed by atoms with Crippen molar-refractivity contribution < 1.29 is 4.79 Å². The summed E-state index contributed by atoms with van der Waals surface area (Å²) < 4.78 is 0. The maximum atomic E-state index is 11.7. The van der Waals surface area contributed by atoms with Crippen LogP contribution in [0.1, 0.15) is 50.2 Å². The fourth-order valence-corrected chi connectivity index (χ4v) is 2.14. The summed E-state index contributed by atoms with van der Waals surface area (Å²) in [5.41, 5.74) is 2.71. The zero-order valence-electron chi connectivity index (χ0n) is 11.9. The Hall–Kier alpha value is -1.35. The summed E-state index contributed by atoms with van der Waals surface area (Å²) in [6, 6.07) is 8.57. The van der Waals surface area contributed by atoms with Crippen LogP contribution < -0.4 is 10.6 Å². The van der Waals surface area contributed by atoms with Crippen LogP contribution >= 0.6 is 0 Å². The van der Waals surface area contributed by atoms with Crippen molar-refractivity contribution in [2.45, 2.75) is 51.6 Å². The Morgan fingerprint density at radius 3 is 2.89 bits per heavy atom. The molecule has 0 bridgehead atoms. The molecule has 19 heavy (non-hydrogen) atoms. The van der Waals surface area contributed by atoms with Gasteiger partial charge in [-0.15, -0.1) is 0 Å². The van der Waals surface area contributed by atoms with Gasteiger partial charge in [0, 0.05) is 13.1 Å². The lowest BCUT2D eigenvalue weighted by Gasteiger charge is -2.14. The molecule has 0 heterocycles. The molecule has 0 spiro atoms. The molecule has 1 amide bonds. The van der Waals surface area contributed by atoms with Crippen LogP contribution in [-0.4, -0.2) is 18.5 Å². The Bertz CT molecular complexity index is 427. The van der Waals surface area contributed by atoms with E-state index in [1.807, 2.05) is 6.92 Å². The van der Waals surface area contributed by atoms with E-state index >= 15 is 0 Å². The number of hydrogen-bond donors (Lipinski definition) is 2. The average Bonchev–Trinajstić information content (AvgIpc) is 3.27. The number of nitrogens with one attached hydrogen (secondary N) is 2. The number of amides is 1. The number of carbonyl (C=O) groups excluding carboxylic acids is 1. The summed E-state index contributed by atoms with van der Waals surface area (Å²) in [6.07, 6.45) is 3.63. The molecule has 1 unspecified atom stereocenters. The largest absolute Gasteiger partial charge is 0.355 e. The third-order valence-corrected chi connectivity index (χ3v) is 3.55. The monoisotopic (exact) mass is 260 g/mol. The first kappa shape index (κ1) is 14.1. The third kappa shape index (κ3) is 4.35. The summed E-state index contributed by atoms with van der Waals surface area (Å²) in [4.78, 5) is 11.7. The van der Waals surface area contributed by atoms with Gasteiger partial charge in [0.25, 0.3) is 0 Å². The molecule has 2 N–H and O–H groups in total. The minimum atomic E-state index is -0.142.